The summed E-state index contributed by atoms with van der Waals surface area (Å²) in [7, 11) is 0. The maximum atomic E-state index is 8.61. The van der Waals surface area contributed by atoms with Gasteiger partial charge >= 0.3 is 0 Å². The molecule has 0 aromatic carbocycles. The molecule has 0 atom stereocenters. The van der Waals surface area contributed by atoms with Crippen LogP contribution in [0.1, 0.15) is 32.8 Å². The molecule has 1 aromatic rings. The molecule has 0 radical (unpaired) electrons. The van der Waals surface area contributed by atoms with Crippen molar-refractivity contribution in [3.63, 3.8) is 0 Å². The molecule has 0 unspecified atom stereocenters. The van der Waals surface area contributed by atoms with Crippen LogP contribution in [-0.2, 0) is 0 Å². The smallest absolute Gasteiger partial charge is 0.129 e. The Kier molecular flexibility index (Phi) is 3.79. The van der Waals surface area contributed by atoms with E-state index in [0.29, 0.717) is 5.56 Å². The molecule has 15 heavy (non-hydrogen) atoms. The number of rotatable bonds is 3. The van der Waals surface area contributed by atoms with E-state index in [-0.39, 0.29) is 5.54 Å². The van der Waals surface area contributed by atoms with Crippen LogP contribution in [0.25, 0.3) is 0 Å². The van der Waals surface area contributed by atoms with Crippen molar-refractivity contribution in [3.8, 4) is 6.07 Å². The van der Waals surface area contributed by atoms with Crippen LogP contribution in [0.15, 0.2) is 21.4 Å². The van der Waals surface area contributed by atoms with Crippen LogP contribution >= 0.6 is 11.3 Å². The van der Waals surface area contributed by atoms with Crippen LogP contribution in [0.3, 0.4) is 0 Å². The lowest BCUT2D eigenvalue weighted by Gasteiger charge is -2.12. The molecule has 0 aliphatic carbocycles. The van der Waals surface area contributed by atoms with Crippen molar-refractivity contribution in [3.05, 3.63) is 17.0 Å². The molecular weight excluding hydrogens is 206 g/mol. The zero-order valence-corrected chi connectivity index (χ0v) is 9.93. The van der Waals surface area contributed by atoms with Crippen molar-refractivity contribution < 1.29 is 0 Å². The van der Waals surface area contributed by atoms with Gasteiger partial charge in [0, 0.05) is 5.38 Å². The molecule has 78 valence electrons. The first-order valence-corrected chi connectivity index (χ1v) is 5.61. The molecular formula is C11H13N3S. The molecule has 0 N–H and O–H groups in total. The molecule has 0 saturated heterocycles. The molecule has 1 aromatic heterocycles. The first-order valence-electron chi connectivity index (χ1n) is 4.73. The SMILES string of the molecule is CCC(C)(C)N=C=Nc1cc(C#N)cs1. The Hall–Kier alpha value is -1.43. The first kappa shape index (κ1) is 11.6. The summed E-state index contributed by atoms with van der Waals surface area (Å²) in [4.78, 5) is 8.27. The Bertz CT molecular complexity index is 431. The van der Waals surface area contributed by atoms with Crippen molar-refractivity contribution in [1.82, 2.24) is 0 Å². The molecule has 1 heterocycles. The average Bonchev–Trinajstić information content (AvgIpc) is 2.66. The van der Waals surface area contributed by atoms with Crippen LogP contribution < -0.4 is 0 Å². The summed E-state index contributed by atoms with van der Waals surface area (Å²) in [5.41, 5.74) is 0.522. The quantitative estimate of drug-likeness (QED) is 0.716. The molecule has 0 saturated carbocycles. The number of hydrogen-bond acceptors (Lipinski definition) is 4. The van der Waals surface area contributed by atoms with E-state index in [0.717, 1.165) is 11.4 Å². The summed E-state index contributed by atoms with van der Waals surface area (Å²) < 4.78 is 0. The van der Waals surface area contributed by atoms with Crippen LogP contribution in [0, 0.1) is 11.3 Å². The second kappa shape index (κ2) is 4.88. The van der Waals surface area contributed by atoms with Gasteiger partial charge in [-0.15, -0.1) is 11.3 Å². The van der Waals surface area contributed by atoms with Crippen LogP contribution in [0.5, 0.6) is 0 Å². The maximum absolute atomic E-state index is 8.61. The Morgan fingerprint density at radius 1 is 1.53 bits per heavy atom. The highest BCUT2D eigenvalue weighted by Crippen LogP contribution is 2.22. The molecule has 0 aliphatic heterocycles. The third-order valence-corrected chi connectivity index (χ3v) is 2.92. The van der Waals surface area contributed by atoms with E-state index in [2.05, 4.69) is 29.0 Å². The van der Waals surface area contributed by atoms with Gasteiger partial charge < -0.3 is 0 Å². The van der Waals surface area contributed by atoms with Gasteiger partial charge in [-0.05, 0) is 26.3 Å². The van der Waals surface area contributed by atoms with E-state index >= 15 is 0 Å². The Morgan fingerprint density at radius 2 is 2.27 bits per heavy atom. The summed E-state index contributed by atoms with van der Waals surface area (Å²) >= 11 is 1.42. The fraction of sp³-hybridized carbons (Fsp3) is 0.455. The molecule has 0 bridgehead atoms. The van der Waals surface area contributed by atoms with Crippen molar-refractivity contribution in [2.24, 2.45) is 9.98 Å². The molecule has 0 spiro atoms. The van der Waals surface area contributed by atoms with Crippen LogP contribution in [-0.4, -0.2) is 11.5 Å². The lowest BCUT2D eigenvalue weighted by Crippen LogP contribution is -2.13. The molecule has 1 rings (SSSR count). The second-order valence-electron chi connectivity index (χ2n) is 3.78. The molecule has 4 heteroatoms. The van der Waals surface area contributed by atoms with E-state index < -0.39 is 0 Å². The predicted molar refractivity (Wildman–Crippen MR) is 62.9 cm³/mol. The van der Waals surface area contributed by atoms with Gasteiger partial charge in [-0.2, -0.15) is 10.3 Å². The predicted octanol–water partition coefficient (Wildman–Crippen LogP) is 3.61. The van der Waals surface area contributed by atoms with Crippen molar-refractivity contribution in [2.75, 3.05) is 0 Å². The topological polar surface area (TPSA) is 48.5 Å². The monoisotopic (exact) mass is 219 g/mol. The van der Waals surface area contributed by atoms with Crippen LogP contribution in [0.2, 0.25) is 0 Å². The fourth-order valence-corrected chi connectivity index (χ4v) is 1.39. The van der Waals surface area contributed by atoms with E-state index in [1.54, 1.807) is 11.4 Å². The summed E-state index contributed by atoms with van der Waals surface area (Å²) in [6.07, 6.45) is 0.948. The highest BCUT2D eigenvalue weighted by molar-refractivity contribution is 7.14. The average molecular weight is 219 g/mol. The van der Waals surface area contributed by atoms with Gasteiger partial charge in [0.2, 0.25) is 0 Å². The number of aliphatic imine (C=N–C) groups is 2. The van der Waals surface area contributed by atoms with Crippen molar-refractivity contribution in [1.29, 1.82) is 5.26 Å². The minimum absolute atomic E-state index is 0.112. The zero-order chi connectivity index (χ0) is 11.3. The summed E-state index contributed by atoms with van der Waals surface area (Å²) in [5, 5.41) is 11.2. The number of nitrogens with zero attached hydrogens (tertiary/aromatic N) is 3. The van der Waals surface area contributed by atoms with E-state index in [1.807, 2.05) is 13.8 Å². The van der Waals surface area contributed by atoms with E-state index in [1.165, 1.54) is 11.3 Å². The standard InChI is InChI=1S/C11H13N3S/c1-4-11(2,3)14-8-13-10-5-9(6-12)7-15-10/h5,7H,4H2,1-3H3. The second-order valence-corrected chi connectivity index (χ2v) is 4.66. The largest absolute Gasteiger partial charge is 0.219 e. The maximum Gasteiger partial charge on any atom is 0.129 e. The normalized spacial score (nSPS) is 10.3. The van der Waals surface area contributed by atoms with Gasteiger partial charge in [0.05, 0.1) is 17.1 Å². The van der Waals surface area contributed by atoms with E-state index in [4.69, 9.17) is 5.26 Å². The van der Waals surface area contributed by atoms with Gasteiger partial charge in [0.15, 0.2) is 0 Å². The lowest BCUT2D eigenvalue weighted by atomic mass is 10.0. The highest BCUT2D eigenvalue weighted by Gasteiger charge is 2.10. The first-order chi connectivity index (χ1) is 7.07. The highest BCUT2D eigenvalue weighted by atomic mass is 32.1. The van der Waals surface area contributed by atoms with E-state index in [9.17, 15) is 0 Å². The minimum atomic E-state index is -0.112. The van der Waals surface area contributed by atoms with Gasteiger partial charge in [0.1, 0.15) is 11.1 Å². The molecule has 3 nitrogen and oxygen atoms in total. The van der Waals surface area contributed by atoms with Gasteiger partial charge in [-0.25, -0.2) is 4.99 Å². The number of nitriles is 1. The zero-order valence-electron chi connectivity index (χ0n) is 9.11. The summed E-state index contributed by atoms with van der Waals surface area (Å²) in [6.45, 7) is 6.14. The van der Waals surface area contributed by atoms with Gasteiger partial charge in [-0.3, -0.25) is 0 Å². The fourth-order valence-electron chi connectivity index (χ4n) is 0.731. The summed E-state index contributed by atoms with van der Waals surface area (Å²) in [6, 6.07) is 6.47. The Balaban J connectivity index is 2.78. The lowest BCUT2D eigenvalue weighted by molar-refractivity contribution is 0.508. The third kappa shape index (κ3) is 3.67. The molecule has 0 fully saturated rings. The Morgan fingerprint density at radius 3 is 2.80 bits per heavy atom. The molecule has 0 amide bonds. The summed E-state index contributed by atoms with van der Waals surface area (Å²) in [5.74, 6) is 0. The number of thiophene rings is 1. The molecule has 0 aliphatic rings. The van der Waals surface area contributed by atoms with Crippen LogP contribution in [0.4, 0.5) is 5.00 Å². The van der Waals surface area contributed by atoms with Crippen molar-refractivity contribution in [2.45, 2.75) is 32.7 Å². The van der Waals surface area contributed by atoms with Crippen molar-refractivity contribution >= 4 is 22.3 Å². The minimum Gasteiger partial charge on any atom is -0.219 e. The van der Waals surface area contributed by atoms with Gasteiger partial charge in [0.25, 0.3) is 0 Å². The number of hydrogen-bond donors (Lipinski definition) is 0. The Labute approximate surface area is 93.8 Å². The van der Waals surface area contributed by atoms with Gasteiger partial charge in [-0.1, -0.05) is 6.92 Å². The third-order valence-electron chi connectivity index (χ3n) is 2.09.